The maximum atomic E-state index is 13.6. The van der Waals surface area contributed by atoms with Crippen molar-refractivity contribution in [3.05, 3.63) is 95.4 Å². The minimum atomic E-state index is -0.534. The molecule has 5 N–H and O–H groups in total. The normalized spacial score (nSPS) is 10.9. The third kappa shape index (κ3) is 6.21. The number of carbonyl (C=O) groups is 1. The molecule has 3 aromatic carbocycles. The highest BCUT2D eigenvalue weighted by Gasteiger charge is 2.18. The highest BCUT2D eigenvalue weighted by atomic mass is 35.5. The number of hydrogen-bond acceptors (Lipinski definition) is 8. The van der Waals surface area contributed by atoms with E-state index >= 15 is 0 Å². The average molecular weight is 519 g/mol. The number of nitrogens with one attached hydrogen (secondary N) is 1. The fourth-order valence-corrected chi connectivity index (χ4v) is 3.69. The van der Waals surface area contributed by atoms with Crippen LogP contribution in [0.25, 0.3) is 17.2 Å². The predicted octanol–water partition coefficient (Wildman–Crippen LogP) is 5.85. The number of nitrogens with two attached hydrogens (primary N) is 2. The van der Waals surface area contributed by atoms with E-state index in [1.54, 1.807) is 37.4 Å². The molecule has 0 spiro atoms. The molecule has 0 radical (unpaired) electrons. The van der Waals surface area contributed by atoms with Crippen LogP contribution in [-0.2, 0) is 9.53 Å². The Balaban J connectivity index is 1.76. The molecular formula is C27H24ClFN6O2. The third-order valence-corrected chi connectivity index (χ3v) is 5.55. The van der Waals surface area contributed by atoms with Gasteiger partial charge in [0.05, 0.1) is 23.0 Å². The molecule has 37 heavy (non-hydrogen) atoms. The first-order chi connectivity index (χ1) is 17.9. The summed E-state index contributed by atoms with van der Waals surface area (Å²) in [6.45, 7) is 2.04. The Morgan fingerprint density at radius 1 is 1.16 bits per heavy atom. The summed E-state index contributed by atoms with van der Waals surface area (Å²) in [6.07, 6.45) is 4.63. The Hall–Kier alpha value is -4.47. The van der Waals surface area contributed by atoms with Crippen molar-refractivity contribution >= 4 is 52.5 Å². The number of ether oxygens (including phenoxy) is 1. The number of nitrogens with zero attached hydrogens (tertiary/aromatic N) is 3. The second-order valence-corrected chi connectivity index (χ2v) is 8.23. The zero-order chi connectivity index (χ0) is 26.4. The van der Waals surface area contributed by atoms with Crippen molar-refractivity contribution in [2.75, 3.05) is 22.7 Å². The topological polar surface area (TPSA) is 119 Å². The molecule has 0 aliphatic heterocycles. The van der Waals surface area contributed by atoms with Crippen LogP contribution in [-0.4, -0.2) is 22.5 Å². The molecule has 188 valence electrons. The molecule has 0 unspecified atom stereocenters. The van der Waals surface area contributed by atoms with Crippen LogP contribution in [0.2, 0.25) is 5.02 Å². The van der Waals surface area contributed by atoms with Crippen molar-refractivity contribution in [1.29, 1.82) is 0 Å². The standard InChI is InChI=1S/C27H24ClFN6O2/c1-2-37-25(36)13-10-17-6-5-7-18(14-17)20-16-32-27(33-19-11-12-22(29)21(28)15-19)34-26(20)35(31)24-9-4-3-8-23(24)30/h3-16H,2,30-31H2,1H3,(H,32,33,34)/b13-10+. The van der Waals surface area contributed by atoms with Crippen molar-refractivity contribution in [1.82, 2.24) is 9.97 Å². The lowest BCUT2D eigenvalue weighted by atomic mass is 10.0. The van der Waals surface area contributed by atoms with E-state index in [9.17, 15) is 9.18 Å². The summed E-state index contributed by atoms with van der Waals surface area (Å²) >= 11 is 5.91. The van der Waals surface area contributed by atoms with Gasteiger partial charge in [0.2, 0.25) is 5.95 Å². The number of carbonyl (C=O) groups excluding carboxylic acids is 1. The molecule has 1 aromatic heterocycles. The van der Waals surface area contributed by atoms with E-state index in [-0.39, 0.29) is 11.0 Å². The van der Waals surface area contributed by atoms with Crippen molar-refractivity contribution < 1.29 is 13.9 Å². The highest BCUT2D eigenvalue weighted by molar-refractivity contribution is 6.31. The van der Waals surface area contributed by atoms with Crippen LogP contribution in [0.15, 0.2) is 79.0 Å². The minimum Gasteiger partial charge on any atom is -0.463 e. The SMILES string of the molecule is CCOC(=O)/C=C/c1cccc(-c2cnc(Nc3ccc(F)c(Cl)c3)nc2N(N)c2ccccc2N)c1. The number of hydrazine groups is 1. The fraction of sp³-hybridized carbons (Fsp3) is 0.0741. The lowest BCUT2D eigenvalue weighted by Crippen LogP contribution is -2.28. The lowest BCUT2D eigenvalue weighted by molar-refractivity contribution is -0.137. The Morgan fingerprint density at radius 3 is 2.73 bits per heavy atom. The van der Waals surface area contributed by atoms with E-state index in [4.69, 9.17) is 27.9 Å². The average Bonchev–Trinajstić information content (AvgIpc) is 2.90. The molecule has 8 nitrogen and oxygen atoms in total. The monoisotopic (exact) mass is 518 g/mol. The Bertz CT molecular complexity index is 1460. The van der Waals surface area contributed by atoms with Crippen molar-refractivity contribution in [2.24, 2.45) is 5.84 Å². The minimum absolute atomic E-state index is 0.0351. The quantitative estimate of drug-likeness (QED) is 0.0873. The number of aromatic nitrogens is 2. The van der Waals surface area contributed by atoms with Crippen LogP contribution in [0.5, 0.6) is 0 Å². The van der Waals surface area contributed by atoms with Crippen LogP contribution in [0, 0.1) is 5.82 Å². The molecule has 10 heteroatoms. The molecule has 0 saturated heterocycles. The maximum absolute atomic E-state index is 13.6. The predicted molar refractivity (Wildman–Crippen MR) is 145 cm³/mol. The van der Waals surface area contributed by atoms with Crippen molar-refractivity contribution in [2.45, 2.75) is 6.92 Å². The summed E-state index contributed by atoms with van der Waals surface area (Å²) in [5.74, 6) is 6.13. The third-order valence-electron chi connectivity index (χ3n) is 5.26. The van der Waals surface area contributed by atoms with E-state index in [2.05, 4.69) is 15.3 Å². The van der Waals surface area contributed by atoms with Crippen molar-refractivity contribution in [3.63, 3.8) is 0 Å². The second kappa shape index (κ2) is 11.5. The molecule has 0 aliphatic carbocycles. The zero-order valence-corrected chi connectivity index (χ0v) is 20.6. The highest BCUT2D eigenvalue weighted by Crippen LogP contribution is 2.35. The molecule has 0 fully saturated rings. The molecular weight excluding hydrogens is 495 g/mol. The van der Waals surface area contributed by atoms with Gasteiger partial charge in [-0.1, -0.05) is 41.9 Å². The summed E-state index contributed by atoms with van der Waals surface area (Å²) in [7, 11) is 0. The van der Waals surface area contributed by atoms with Gasteiger partial charge in [-0.25, -0.2) is 20.0 Å². The summed E-state index contributed by atoms with van der Waals surface area (Å²) in [5.41, 5.74) is 9.80. The van der Waals surface area contributed by atoms with Gasteiger partial charge in [0.15, 0.2) is 5.82 Å². The van der Waals surface area contributed by atoms with E-state index in [1.165, 1.54) is 29.3 Å². The van der Waals surface area contributed by atoms with Crippen LogP contribution in [0.1, 0.15) is 12.5 Å². The summed E-state index contributed by atoms with van der Waals surface area (Å²) in [6, 6.07) is 18.8. The molecule has 0 atom stereocenters. The maximum Gasteiger partial charge on any atom is 0.330 e. The van der Waals surface area contributed by atoms with Gasteiger partial charge in [-0.2, -0.15) is 4.98 Å². The number of nitrogen functional groups attached to an aromatic ring is 1. The summed E-state index contributed by atoms with van der Waals surface area (Å²) in [5, 5.41) is 4.35. The van der Waals surface area contributed by atoms with Gasteiger partial charge in [-0.05, 0) is 60.5 Å². The molecule has 4 rings (SSSR count). The van der Waals surface area contributed by atoms with E-state index in [1.807, 2.05) is 30.3 Å². The van der Waals surface area contributed by atoms with Crippen LogP contribution < -0.4 is 21.9 Å². The van der Waals surface area contributed by atoms with Crippen LogP contribution in [0.4, 0.5) is 33.2 Å². The summed E-state index contributed by atoms with van der Waals surface area (Å²) < 4.78 is 18.5. The first-order valence-electron chi connectivity index (χ1n) is 11.3. The number of esters is 1. The first-order valence-corrected chi connectivity index (χ1v) is 11.7. The molecule has 0 saturated carbocycles. The zero-order valence-electron chi connectivity index (χ0n) is 19.9. The van der Waals surface area contributed by atoms with Gasteiger partial charge in [0, 0.05) is 23.5 Å². The number of rotatable bonds is 8. The van der Waals surface area contributed by atoms with E-state index in [0.29, 0.717) is 35.1 Å². The number of halogens is 2. The number of para-hydroxylation sites is 2. The van der Waals surface area contributed by atoms with Gasteiger partial charge < -0.3 is 15.8 Å². The summed E-state index contributed by atoms with van der Waals surface area (Å²) in [4.78, 5) is 20.8. The second-order valence-electron chi connectivity index (χ2n) is 7.82. The number of benzene rings is 3. The molecule has 4 aromatic rings. The smallest absolute Gasteiger partial charge is 0.330 e. The fourth-order valence-electron chi connectivity index (χ4n) is 3.51. The molecule has 0 bridgehead atoms. The van der Waals surface area contributed by atoms with Crippen LogP contribution in [0.3, 0.4) is 0 Å². The Labute approximate surface area is 218 Å². The van der Waals surface area contributed by atoms with Gasteiger partial charge in [0.25, 0.3) is 0 Å². The molecule has 1 heterocycles. The van der Waals surface area contributed by atoms with Crippen LogP contribution >= 0.6 is 11.6 Å². The van der Waals surface area contributed by atoms with Gasteiger partial charge in [0.1, 0.15) is 5.82 Å². The van der Waals surface area contributed by atoms with Gasteiger partial charge in [-0.3, -0.25) is 5.01 Å². The number of anilines is 5. The Kier molecular flexibility index (Phi) is 7.97. The molecule has 0 aliphatic rings. The molecule has 0 amide bonds. The van der Waals surface area contributed by atoms with E-state index < -0.39 is 11.8 Å². The van der Waals surface area contributed by atoms with E-state index in [0.717, 1.165) is 11.1 Å². The largest absolute Gasteiger partial charge is 0.463 e. The lowest BCUT2D eigenvalue weighted by Gasteiger charge is -2.23. The van der Waals surface area contributed by atoms with Gasteiger partial charge in [-0.15, -0.1) is 0 Å². The van der Waals surface area contributed by atoms with Gasteiger partial charge >= 0.3 is 5.97 Å². The Morgan fingerprint density at radius 2 is 1.97 bits per heavy atom. The first kappa shape index (κ1) is 25.6. The van der Waals surface area contributed by atoms with Crippen molar-refractivity contribution in [3.8, 4) is 11.1 Å². The number of hydrogen-bond donors (Lipinski definition) is 3.